The van der Waals surface area contributed by atoms with E-state index in [2.05, 4.69) is 14.6 Å². The number of anilines is 2. The molecule has 0 unspecified atom stereocenters. The molecule has 2 aromatic carbocycles. The van der Waals surface area contributed by atoms with Crippen molar-refractivity contribution in [1.29, 1.82) is 0 Å². The molecule has 0 saturated carbocycles. The molecule has 9 heteroatoms. The number of carboxylic acid groups (broad SMARTS) is 1. The molecule has 1 atom stereocenters. The minimum Gasteiger partial charge on any atom is -0.481 e. The molecule has 1 aliphatic rings. The van der Waals surface area contributed by atoms with Gasteiger partial charge < -0.3 is 10.0 Å². The van der Waals surface area contributed by atoms with Crippen LogP contribution in [0.4, 0.5) is 11.4 Å². The molecule has 7 nitrogen and oxygen atoms in total. The molecule has 0 radical (unpaired) electrons. The Morgan fingerprint density at radius 1 is 1.21 bits per heavy atom. The van der Waals surface area contributed by atoms with Gasteiger partial charge in [0, 0.05) is 29.5 Å². The standard InChI is InChI=1S/C20H21N3O4S2/c1-12-20(28-13(2)21-12)29(26,27)22-17-7-8-18(16-6-4-3-5-15(16)17)23-10-9-14(11-23)19(24)25/h3-8,14,22H,9-11H2,1-2H3,(H,24,25)/t14-/m1/s1. The van der Waals surface area contributed by atoms with Crippen LogP contribution in [-0.4, -0.2) is 37.6 Å². The van der Waals surface area contributed by atoms with Gasteiger partial charge in [0.2, 0.25) is 0 Å². The Morgan fingerprint density at radius 2 is 1.93 bits per heavy atom. The SMILES string of the molecule is Cc1nc(C)c(S(=O)(=O)Nc2ccc(N3CC[C@@H](C(=O)O)C3)c3ccccc23)s1. The van der Waals surface area contributed by atoms with E-state index in [4.69, 9.17) is 0 Å². The van der Waals surface area contributed by atoms with Gasteiger partial charge in [-0.25, -0.2) is 13.4 Å². The van der Waals surface area contributed by atoms with Crippen molar-refractivity contribution in [1.82, 2.24) is 4.98 Å². The van der Waals surface area contributed by atoms with Crippen molar-refractivity contribution in [2.24, 2.45) is 5.92 Å². The Hall–Kier alpha value is -2.65. The van der Waals surface area contributed by atoms with Crippen molar-refractivity contribution in [3.63, 3.8) is 0 Å². The quantitative estimate of drug-likeness (QED) is 0.640. The van der Waals surface area contributed by atoms with Gasteiger partial charge in [0.15, 0.2) is 4.21 Å². The smallest absolute Gasteiger partial charge is 0.308 e. The van der Waals surface area contributed by atoms with Crippen LogP contribution < -0.4 is 9.62 Å². The van der Waals surface area contributed by atoms with E-state index in [0.717, 1.165) is 27.8 Å². The van der Waals surface area contributed by atoms with E-state index in [9.17, 15) is 18.3 Å². The van der Waals surface area contributed by atoms with E-state index in [1.54, 1.807) is 19.9 Å². The number of carboxylic acids is 1. The minimum atomic E-state index is -3.75. The Balaban J connectivity index is 1.73. The summed E-state index contributed by atoms with van der Waals surface area (Å²) in [6.07, 6.45) is 0.599. The zero-order valence-electron chi connectivity index (χ0n) is 16.0. The average Bonchev–Trinajstić information content (AvgIpc) is 3.29. The molecule has 0 amide bonds. The third-order valence-electron chi connectivity index (χ3n) is 5.13. The fraction of sp³-hybridized carbons (Fsp3) is 0.300. The molecule has 2 heterocycles. The third-order valence-corrected chi connectivity index (χ3v) is 8.18. The van der Waals surface area contributed by atoms with Crippen LogP contribution in [-0.2, 0) is 14.8 Å². The summed E-state index contributed by atoms with van der Waals surface area (Å²) < 4.78 is 28.8. The summed E-state index contributed by atoms with van der Waals surface area (Å²) in [4.78, 5) is 17.6. The van der Waals surface area contributed by atoms with Gasteiger partial charge in [-0.05, 0) is 32.4 Å². The number of hydrogen-bond acceptors (Lipinski definition) is 6. The molecule has 0 bridgehead atoms. The van der Waals surface area contributed by atoms with Crippen LogP contribution in [0.3, 0.4) is 0 Å². The van der Waals surface area contributed by atoms with E-state index >= 15 is 0 Å². The predicted molar refractivity (Wildman–Crippen MR) is 114 cm³/mol. The highest BCUT2D eigenvalue weighted by molar-refractivity contribution is 7.94. The molecular formula is C20H21N3O4S2. The Labute approximate surface area is 173 Å². The summed E-state index contributed by atoms with van der Waals surface area (Å²) in [5.74, 6) is -1.17. The second kappa shape index (κ2) is 7.31. The zero-order valence-corrected chi connectivity index (χ0v) is 17.7. The van der Waals surface area contributed by atoms with Crippen molar-refractivity contribution in [3.8, 4) is 0 Å². The summed E-state index contributed by atoms with van der Waals surface area (Å²) in [7, 11) is -3.75. The van der Waals surface area contributed by atoms with E-state index in [1.165, 1.54) is 0 Å². The van der Waals surface area contributed by atoms with E-state index in [0.29, 0.717) is 35.9 Å². The summed E-state index contributed by atoms with van der Waals surface area (Å²) in [6.45, 7) is 4.57. The maximum absolute atomic E-state index is 12.9. The lowest BCUT2D eigenvalue weighted by atomic mass is 10.1. The molecule has 1 saturated heterocycles. The number of nitrogens with zero attached hydrogens (tertiary/aromatic N) is 2. The molecule has 152 valence electrons. The number of fused-ring (bicyclic) bond motifs is 1. The molecular weight excluding hydrogens is 410 g/mol. The van der Waals surface area contributed by atoms with Crippen molar-refractivity contribution in [2.45, 2.75) is 24.5 Å². The topological polar surface area (TPSA) is 99.6 Å². The number of benzene rings is 2. The van der Waals surface area contributed by atoms with Crippen LogP contribution in [0, 0.1) is 19.8 Å². The molecule has 0 spiro atoms. The van der Waals surface area contributed by atoms with E-state index in [1.807, 2.05) is 30.3 Å². The number of rotatable bonds is 5. The number of carbonyl (C=O) groups is 1. The van der Waals surface area contributed by atoms with Gasteiger partial charge >= 0.3 is 5.97 Å². The summed E-state index contributed by atoms with van der Waals surface area (Å²) >= 11 is 1.15. The average molecular weight is 432 g/mol. The van der Waals surface area contributed by atoms with Gasteiger partial charge in [-0.3, -0.25) is 9.52 Å². The number of thiazole rings is 1. The first-order valence-corrected chi connectivity index (χ1v) is 11.5. The van der Waals surface area contributed by atoms with Gasteiger partial charge in [0.25, 0.3) is 10.0 Å². The molecule has 2 N–H and O–H groups in total. The predicted octanol–water partition coefficient (Wildman–Crippen LogP) is 3.62. The second-order valence-electron chi connectivity index (χ2n) is 7.16. The lowest BCUT2D eigenvalue weighted by molar-refractivity contribution is -0.140. The summed E-state index contributed by atoms with van der Waals surface area (Å²) in [5, 5.41) is 11.6. The third kappa shape index (κ3) is 3.67. The summed E-state index contributed by atoms with van der Waals surface area (Å²) in [6, 6.07) is 11.1. The Morgan fingerprint density at radius 3 is 2.55 bits per heavy atom. The maximum atomic E-state index is 12.9. The second-order valence-corrected chi connectivity index (χ2v) is 10.2. The monoisotopic (exact) mass is 431 g/mol. The van der Waals surface area contributed by atoms with Crippen LogP contribution in [0.25, 0.3) is 10.8 Å². The van der Waals surface area contributed by atoms with Crippen LogP contribution in [0.2, 0.25) is 0 Å². The molecule has 0 aliphatic carbocycles. The van der Waals surface area contributed by atoms with Crippen LogP contribution >= 0.6 is 11.3 Å². The molecule has 29 heavy (non-hydrogen) atoms. The lowest BCUT2D eigenvalue weighted by Crippen LogP contribution is -2.23. The Kier molecular flexibility index (Phi) is 4.95. The number of hydrogen-bond donors (Lipinski definition) is 2. The summed E-state index contributed by atoms with van der Waals surface area (Å²) in [5.41, 5.74) is 1.89. The molecule has 3 aromatic rings. The van der Waals surface area contributed by atoms with Crippen LogP contribution in [0.1, 0.15) is 17.1 Å². The highest BCUT2D eigenvalue weighted by Gasteiger charge is 2.29. The first-order valence-electron chi connectivity index (χ1n) is 9.22. The first kappa shape index (κ1) is 19.7. The number of nitrogens with one attached hydrogen (secondary N) is 1. The van der Waals surface area contributed by atoms with Crippen molar-refractivity contribution < 1.29 is 18.3 Å². The zero-order chi connectivity index (χ0) is 20.8. The van der Waals surface area contributed by atoms with Gasteiger partial charge in [-0.15, -0.1) is 11.3 Å². The van der Waals surface area contributed by atoms with Gasteiger partial charge in [0.1, 0.15) is 0 Å². The minimum absolute atomic E-state index is 0.215. The van der Waals surface area contributed by atoms with E-state index in [-0.39, 0.29) is 10.1 Å². The van der Waals surface area contributed by atoms with Crippen molar-refractivity contribution in [2.75, 3.05) is 22.7 Å². The maximum Gasteiger partial charge on any atom is 0.308 e. The largest absolute Gasteiger partial charge is 0.481 e. The van der Waals surface area contributed by atoms with Crippen LogP contribution in [0.15, 0.2) is 40.6 Å². The fourth-order valence-corrected chi connectivity index (χ4v) is 6.35. The highest BCUT2D eigenvalue weighted by Crippen LogP contribution is 2.36. The lowest BCUT2D eigenvalue weighted by Gasteiger charge is -2.22. The highest BCUT2D eigenvalue weighted by atomic mass is 32.2. The number of aliphatic carboxylic acids is 1. The molecule has 1 fully saturated rings. The van der Waals surface area contributed by atoms with Gasteiger partial charge in [0.05, 0.1) is 22.3 Å². The van der Waals surface area contributed by atoms with Gasteiger partial charge in [-0.2, -0.15) is 0 Å². The van der Waals surface area contributed by atoms with Crippen molar-refractivity contribution >= 4 is 49.5 Å². The number of aromatic nitrogens is 1. The fourth-order valence-electron chi connectivity index (χ4n) is 3.78. The van der Waals surface area contributed by atoms with Crippen LogP contribution in [0.5, 0.6) is 0 Å². The number of sulfonamides is 1. The van der Waals surface area contributed by atoms with Crippen molar-refractivity contribution in [3.05, 3.63) is 47.1 Å². The first-order chi connectivity index (χ1) is 13.8. The molecule has 1 aliphatic heterocycles. The molecule has 4 rings (SSSR count). The Bertz CT molecular complexity index is 1200. The van der Waals surface area contributed by atoms with Gasteiger partial charge in [-0.1, -0.05) is 24.3 Å². The number of aryl methyl sites for hydroxylation is 2. The van der Waals surface area contributed by atoms with E-state index < -0.39 is 16.0 Å². The normalized spacial score (nSPS) is 17.0. The molecule has 1 aromatic heterocycles.